The number of carboxylic acids is 1. The van der Waals surface area contributed by atoms with E-state index in [2.05, 4.69) is 10.3 Å². The third kappa shape index (κ3) is 3.96. The van der Waals surface area contributed by atoms with Gasteiger partial charge in [-0.3, -0.25) is 0 Å². The average Bonchev–Trinajstić information content (AvgIpc) is 2.38. The van der Waals surface area contributed by atoms with Crippen LogP contribution in [0.2, 0.25) is 5.15 Å². The highest BCUT2D eigenvalue weighted by Gasteiger charge is 2.10. The summed E-state index contributed by atoms with van der Waals surface area (Å²) in [6, 6.07) is 13.0. The molecule has 0 aliphatic heterocycles. The van der Waals surface area contributed by atoms with Gasteiger partial charge in [0.05, 0.1) is 5.56 Å². The molecule has 0 aliphatic rings. The highest BCUT2D eigenvalue weighted by Crippen LogP contribution is 2.16. The zero-order chi connectivity index (χ0) is 14.5. The van der Waals surface area contributed by atoms with Gasteiger partial charge < -0.3 is 10.4 Å². The van der Waals surface area contributed by atoms with Crippen molar-refractivity contribution in [3.8, 4) is 0 Å². The fraction of sp³-hybridized carbons (Fsp3) is 0.200. The normalized spacial score (nSPS) is 11.9. The first-order valence-electron chi connectivity index (χ1n) is 6.26. The van der Waals surface area contributed by atoms with E-state index in [4.69, 9.17) is 16.7 Å². The summed E-state index contributed by atoms with van der Waals surface area (Å²) < 4.78 is 0. The Morgan fingerprint density at radius 2 is 2.05 bits per heavy atom. The summed E-state index contributed by atoms with van der Waals surface area (Å²) in [5.41, 5.74) is 1.33. The summed E-state index contributed by atoms with van der Waals surface area (Å²) in [7, 11) is 0. The van der Waals surface area contributed by atoms with Gasteiger partial charge in [0.1, 0.15) is 11.0 Å². The summed E-state index contributed by atoms with van der Waals surface area (Å²) >= 11 is 5.82. The van der Waals surface area contributed by atoms with Crippen LogP contribution in [0.1, 0.15) is 22.8 Å². The van der Waals surface area contributed by atoms with Crippen molar-refractivity contribution in [3.63, 3.8) is 0 Å². The minimum Gasteiger partial charge on any atom is -0.478 e. The van der Waals surface area contributed by atoms with Crippen LogP contribution >= 0.6 is 11.6 Å². The van der Waals surface area contributed by atoms with Gasteiger partial charge in [-0.1, -0.05) is 41.9 Å². The largest absolute Gasteiger partial charge is 0.478 e. The Morgan fingerprint density at radius 3 is 2.70 bits per heavy atom. The molecule has 1 unspecified atom stereocenters. The number of aromatic nitrogens is 1. The third-order valence-corrected chi connectivity index (χ3v) is 3.01. The Balaban J connectivity index is 2.07. The van der Waals surface area contributed by atoms with E-state index in [1.807, 2.05) is 37.3 Å². The summed E-state index contributed by atoms with van der Waals surface area (Å²) in [5, 5.41) is 12.3. The molecule has 0 bridgehead atoms. The fourth-order valence-corrected chi connectivity index (χ4v) is 2.17. The lowest BCUT2D eigenvalue weighted by Gasteiger charge is -2.15. The van der Waals surface area contributed by atoms with Crippen molar-refractivity contribution < 1.29 is 9.90 Å². The number of nitrogens with one attached hydrogen (secondary N) is 1. The van der Waals surface area contributed by atoms with Gasteiger partial charge in [0.25, 0.3) is 0 Å². The molecule has 0 fully saturated rings. The number of benzene rings is 1. The molecular weight excluding hydrogens is 276 g/mol. The number of carboxylic acid groups (broad SMARTS) is 1. The van der Waals surface area contributed by atoms with Crippen LogP contribution in [-0.2, 0) is 6.42 Å². The molecule has 2 N–H and O–H groups in total. The molecule has 1 atom stereocenters. The predicted octanol–water partition coefficient (Wildman–Crippen LogP) is 3.48. The van der Waals surface area contributed by atoms with E-state index in [1.165, 1.54) is 17.7 Å². The SMILES string of the molecule is CC(Cc1ccccc1)Nc1cc(C(=O)O)cc(Cl)n1. The molecule has 1 aromatic heterocycles. The zero-order valence-electron chi connectivity index (χ0n) is 11.0. The van der Waals surface area contributed by atoms with Crippen molar-refractivity contribution in [3.05, 3.63) is 58.7 Å². The van der Waals surface area contributed by atoms with Gasteiger partial charge in [-0.05, 0) is 31.0 Å². The van der Waals surface area contributed by atoms with E-state index >= 15 is 0 Å². The number of rotatable bonds is 5. The third-order valence-electron chi connectivity index (χ3n) is 2.82. The Bertz CT molecular complexity index is 602. The quantitative estimate of drug-likeness (QED) is 0.828. The van der Waals surface area contributed by atoms with Crippen molar-refractivity contribution in [2.75, 3.05) is 5.32 Å². The van der Waals surface area contributed by atoms with Crippen molar-refractivity contribution in [1.82, 2.24) is 4.98 Å². The van der Waals surface area contributed by atoms with Crippen LogP contribution in [0.4, 0.5) is 5.82 Å². The molecule has 104 valence electrons. The molecule has 0 spiro atoms. The number of hydrogen-bond acceptors (Lipinski definition) is 3. The van der Waals surface area contributed by atoms with Gasteiger partial charge in [-0.25, -0.2) is 9.78 Å². The molecule has 2 aromatic rings. The van der Waals surface area contributed by atoms with Crippen LogP contribution in [0.3, 0.4) is 0 Å². The van der Waals surface area contributed by atoms with Crippen LogP contribution in [-0.4, -0.2) is 22.1 Å². The lowest BCUT2D eigenvalue weighted by molar-refractivity contribution is 0.0697. The van der Waals surface area contributed by atoms with Crippen molar-refractivity contribution in [1.29, 1.82) is 0 Å². The minimum atomic E-state index is -1.02. The van der Waals surface area contributed by atoms with E-state index in [0.717, 1.165) is 6.42 Å². The number of carbonyl (C=O) groups is 1. The first-order valence-corrected chi connectivity index (χ1v) is 6.64. The second kappa shape index (κ2) is 6.39. The number of halogens is 1. The van der Waals surface area contributed by atoms with Gasteiger partial charge in [0, 0.05) is 6.04 Å². The van der Waals surface area contributed by atoms with Gasteiger partial charge in [-0.2, -0.15) is 0 Å². The topological polar surface area (TPSA) is 62.2 Å². The second-order valence-corrected chi connectivity index (χ2v) is 4.99. The first kappa shape index (κ1) is 14.3. The van der Waals surface area contributed by atoms with E-state index in [0.29, 0.717) is 5.82 Å². The average molecular weight is 291 g/mol. The number of hydrogen-bond donors (Lipinski definition) is 2. The summed E-state index contributed by atoms with van der Waals surface area (Å²) in [6.07, 6.45) is 0.817. The number of anilines is 1. The predicted molar refractivity (Wildman–Crippen MR) is 79.4 cm³/mol. The van der Waals surface area contributed by atoms with Crippen LogP contribution < -0.4 is 5.32 Å². The van der Waals surface area contributed by atoms with Gasteiger partial charge in [0.2, 0.25) is 0 Å². The van der Waals surface area contributed by atoms with E-state index in [1.54, 1.807) is 0 Å². The molecule has 4 nitrogen and oxygen atoms in total. The molecule has 5 heteroatoms. The van der Waals surface area contributed by atoms with Crippen LogP contribution in [0.15, 0.2) is 42.5 Å². The van der Waals surface area contributed by atoms with Gasteiger partial charge in [-0.15, -0.1) is 0 Å². The Morgan fingerprint density at radius 1 is 1.35 bits per heavy atom. The van der Waals surface area contributed by atoms with Crippen LogP contribution in [0.5, 0.6) is 0 Å². The smallest absolute Gasteiger partial charge is 0.335 e. The van der Waals surface area contributed by atoms with Gasteiger partial charge >= 0.3 is 5.97 Å². The Hall–Kier alpha value is -2.07. The molecular formula is C15H15ClN2O2. The molecule has 2 rings (SSSR count). The lowest BCUT2D eigenvalue weighted by atomic mass is 10.1. The number of pyridine rings is 1. The van der Waals surface area contributed by atoms with Crippen molar-refractivity contribution in [2.24, 2.45) is 0 Å². The van der Waals surface area contributed by atoms with Crippen molar-refractivity contribution in [2.45, 2.75) is 19.4 Å². The molecule has 0 saturated heterocycles. The monoisotopic (exact) mass is 290 g/mol. The summed E-state index contributed by atoms with van der Waals surface area (Å²) in [5.74, 6) is -0.550. The molecule has 20 heavy (non-hydrogen) atoms. The Labute approximate surface area is 122 Å². The number of nitrogens with zero attached hydrogens (tertiary/aromatic N) is 1. The van der Waals surface area contributed by atoms with E-state index < -0.39 is 5.97 Å². The highest BCUT2D eigenvalue weighted by atomic mass is 35.5. The zero-order valence-corrected chi connectivity index (χ0v) is 11.8. The first-order chi connectivity index (χ1) is 9.54. The second-order valence-electron chi connectivity index (χ2n) is 4.60. The summed E-state index contributed by atoms with van der Waals surface area (Å²) in [6.45, 7) is 2.01. The molecule has 1 aromatic carbocycles. The van der Waals surface area contributed by atoms with E-state index in [9.17, 15) is 4.79 Å². The minimum absolute atomic E-state index is 0.116. The molecule has 0 aliphatic carbocycles. The molecule has 0 saturated carbocycles. The number of aromatic carboxylic acids is 1. The maximum atomic E-state index is 11.0. The molecule has 0 radical (unpaired) electrons. The van der Waals surface area contributed by atoms with Crippen molar-refractivity contribution >= 4 is 23.4 Å². The Kier molecular flexibility index (Phi) is 4.58. The van der Waals surface area contributed by atoms with Crippen LogP contribution in [0.25, 0.3) is 0 Å². The summed E-state index contributed by atoms with van der Waals surface area (Å²) in [4.78, 5) is 15.1. The fourth-order valence-electron chi connectivity index (χ4n) is 1.97. The highest BCUT2D eigenvalue weighted by molar-refractivity contribution is 6.29. The molecule has 1 heterocycles. The standard InChI is InChI=1S/C15H15ClN2O2/c1-10(7-11-5-3-2-4-6-11)17-14-9-12(15(19)20)8-13(16)18-14/h2-6,8-10H,7H2,1H3,(H,17,18)(H,19,20). The van der Waals surface area contributed by atoms with Gasteiger partial charge in [0.15, 0.2) is 0 Å². The van der Waals surface area contributed by atoms with E-state index in [-0.39, 0.29) is 16.8 Å². The maximum absolute atomic E-state index is 11.0. The van der Waals surface area contributed by atoms with Crippen LogP contribution in [0, 0.1) is 0 Å². The maximum Gasteiger partial charge on any atom is 0.335 e. The lowest BCUT2D eigenvalue weighted by Crippen LogP contribution is -2.19. The molecule has 0 amide bonds.